The Hall–Kier alpha value is -2.02. The molecule has 0 spiro atoms. The maximum absolute atomic E-state index is 14.0. The zero-order chi connectivity index (χ0) is 15.5. The molecule has 2 rings (SSSR count). The highest BCUT2D eigenvalue weighted by Crippen LogP contribution is 2.27. The molecule has 0 saturated heterocycles. The number of aromatic nitrogens is 4. The van der Waals surface area contributed by atoms with Gasteiger partial charge in [-0.2, -0.15) is 0 Å². The van der Waals surface area contributed by atoms with Crippen LogP contribution in [-0.2, 0) is 11.3 Å². The summed E-state index contributed by atoms with van der Waals surface area (Å²) in [6, 6.07) is 4.49. The van der Waals surface area contributed by atoms with E-state index >= 15 is 0 Å². The number of benzene rings is 1. The summed E-state index contributed by atoms with van der Waals surface area (Å²) in [5.41, 5.74) is 6.21. The first-order valence-electron chi connectivity index (χ1n) is 6.73. The number of nitrogens with two attached hydrogens (primary N) is 1. The second-order valence-electron chi connectivity index (χ2n) is 5.81. The Balaban J connectivity index is 2.26. The summed E-state index contributed by atoms with van der Waals surface area (Å²) in [5, 5.41) is 11.6. The number of nitrogens with zero attached hydrogens (tertiary/aromatic N) is 4. The lowest BCUT2D eigenvalue weighted by molar-refractivity contribution is 0.140. The van der Waals surface area contributed by atoms with Crippen molar-refractivity contribution in [2.24, 2.45) is 5.41 Å². The molecule has 1 aromatic carbocycles. The maximum Gasteiger partial charge on any atom is 0.184 e. The summed E-state index contributed by atoms with van der Waals surface area (Å²) >= 11 is 0. The molecular formula is C14H20FN5O. The molecule has 0 aliphatic rings. The van der Waals surface area contributed by atoms with Crippen molar-refractivity contribution in [3.63, 3.8) is 0 Å². The predicted molar refractivity (Wildman–Crippen MR) is 77.9 cm³/mol. The van der Waals surface area contributed by atoms with E-state index in [1.807, 2.05) is 0 Å². The zero-order valence-electron chi connectivity index (χ0n) is 12.5. The molecule has 0 radical (unpaired) electrons. The van der Waals surface area contributed by atoms with Gasteiger partial charge in [-0.1, -0.05) is 13.8 Å². The van der Waals surface area contributed by atoms with Crippen LogP contribution in [0.4, 0.5) is 10.1 Å². The van der Waals surface area contributed by atoms with Gasteiger partial charge in [0.25, 0.3) is 0 Å². The van der Waals surface area contributed by atoms with E-state index in [9.17, 15) is 4.39 Å². The predicted octanol–water partition coefficient (Wildman–Crippen LogP) is 2.12. The van der Waals surface area contributed by atoms with Crippen LogP contribution in [0.3, 0.4) is 0 Å². The first-order valence-corrected chi connectivity index (χ1v) is 6.73. The van der Waals surface area contributed by atoms with Crippen molar-refractivity contribution < 1.29 is 9.13 Å². The van der Waals surface area contributed by atoms with Gasteiger partial charge in [0.15, 0.2) is 5.82 Å². The summed E-state index contributed by atoms with van der Waals surface area (Å²) < 4.78 is 20.7. The Morgan fingerprint density at radius 1 is 1.38 bits per heavy atom. The molecule has 1 heterocycles. The van der Waals surface area contributed by atoms with Gasteiger partial charge in [-0.15, -0.1) is 5.10 Å². The third kappa shape index (κ3) is 3.75. The second kappa shape index (κ2) is 6.17. The molecular weight excluding hydrogens is 273 g/mol. The largest absolute Gasteiger partial charge is 0.399 e. The van der Waals surface area contributed by atoms with Gasteiger partial charge >= 0.3 is 0 Å². The highest BCUT2D eigenvalue weighted by Gasteiger charge is 2.22. The molecule has 0 saturated carbocycles. The first-order chi connectivity index (χ1) is 9.93. The highest BCUT2D eigenvalue weighted by molar-refractivity contribution is 5.59. The summed E-state index contributed by atoms with van der Waals surface area (Å²) in [6.07, 6.45) is 0.854. The summed E-state index contributed by atoms with van der Waals surface area (Å²) in [5.74, 6) is -0.0289. The van der Waals surface area contributed by atoms with Crippen molar-refractivity contribution in [2.45, 2.75) is 26.8 Å². The standard InChI is InChI=1S/C14H20FN5O/c1-14(2,6-7-21-3)9-20-13(17-18-19-20)11-5-4-10(16)8-12(11)15/h4-5,8H,6-7,9,16H2,1-3H3. The SMILES string of the molecule is COCCC(C)(C)Cn1nnnc1-c1ccc(N)cc1F. The fraction of sp³-hybridized carbons (Fsp3) is 0.500. The van der Waals surface area contributed by atoms with Crippen LogP contribution in [0.15, 0.2) is 18.2 Å². The van der Waals surface area contributed by atoms with Gasteiger partial charge in [-0.3, -0.25) is 0 Å². The van der Waals surface area contributed by atoms with Crippen LogP contribution < -0.4 is 5.73 Å². The zero-order valence-corrected chi connectivity index (χ0v) is 12.5. The summed E-state index contributed by atoms with van der Waals surface area (Å²) in [4.78, 5) is 0. The van der Waals surface area contributed by atoms with Gasteiger partial charge in [0, 0.05) is 19.4 Å². The van der Waals surface area contributed by atoms with Gasteiger partial charge in [-0.05, 0) is 40.5 Å². The van der Waals surface area contributed by atoms with Crippen LogP contribution in [-0.4, -0.2) is 33.9 Å². The first kappa shape index (κ1) is 15.4. The number of anilines is 1. The van der Waals surface area contributed by atoms with Crippen molar-refractivity contribution in [3.05, 3.63) is 24.0 Å². The number of tetrazole rings is 1. The number of hydrogen-bond donors (Lipinski definition) is 1. The van der Waals surface area contributed by atoms with Crippen LogP contribution in [0.25, 0.3) is 11.4 Å². The van der Waals surface area contributed by atoms with E-state index in [-0.39, 0.29) is 5.41 Å². The van der Waals surface area contributed by atoms with Crippen molar-refractivity contribution in [1.82, 2.24) is 20.2 Å². The Labute approximate surface area is 123 Å². The van der Waals surface area contributed by atoms with Crippen LogP contribution in [0.5, 0.6) is 0 Å². The molecule has 6 nitrogen and oxygen atoms in total. The summed E-state index contributed by atoms with van der Waals surface area (Å²) in [6.45, 7) is 5.41. The lowest BCUT2D eigenvalue weighted by Crippen LogP contribution is -2.23. The van der Waals surface area contributed by atoms with Crippen molar-refractivity contribution >= 4 is 5.69 Å². The van der Waals surface area contributed by atoms with Gasteiger partial charge in [0.2, 0.25) is 0 Å². The topological polar surface area (TPSA) is 78.8 Å². The molecule has 0 aliphatic heterocycles. The van der Waals surface area contributed by atoms with Crippen LogP contribution in [0, 0.1) is 11.2 Å². The number of rotatable bonds is 6. The third-order valence-corrected chi connectivity index (χ3v) is 3.33. The van der Waals surface area contributed by atoms with Crippen LogP contribution in [0.1, 0.15) is 20.3 Å². The van der Waals surface area contributed by atoms with E-state index in [1.165, 1.54) is 6.07 Å². The Morgan fingerprint density at radius 3 is 2.81 bits per heavy atom. The third-order valence-electron chi connectivity index (χ3n) is 3.33. The van der Waals surface area contributed by atoms with E-state index in [1.54, 1.807) is 23.9 Å². The van der Waals surface area contributed by atoms with Gasteiger partial charge in [0.1, 0.15) is 5.82 Å². The van der Waals surface area contributed by atoms with Gasteiger partial charge in [-0.25, -0.2) is 9.07 Å². The van der Waals surface area contributed by atoms with E-state index in [0.29, 0.717) is 30.2 Å². The molecule has 114 valence electrons. The highest BCUT2D eigenvalue weighted by atomic mass is 19.1. The monoisotopic (exact) mass is 293 g/mol. The molecule has 0 amide bonds. The number of nitrogen functional groups attached to an aromatic ring is 1. The fourth-order valence-corrected chi connectivity index (χ4v) is 2.08. The number of halogens is 1. The molecule has 0 atom stereocenters. The molecule has 2 N–H and O–H groups in total. The summed E-state index contributed by atoms with van der Waals surface area (Å²) in [7, 11) is 1.67. The molecule has 0 unspecified atom stereocenters. The minimum atomic E-state index is -0.430. The molecule has 7 heteroatoms. The normalized spacial score (nSPS) is 11.8. The van der Waals surface area contributed by atoms with Gasteiger partial charge in [0.05, 0.1) is 12.1 Å². The fourth-order valence-electron chi connectivity index (χ4n) is 2.08. The second-order valence-corrected chi connectivity index (χ2v) is 5.81. The molecule has 0 bridgehead atoms. The van der Waals surface area contributed by atoms with E-state index in [2.05, 4.69) is 29.4 Å². The Morgan fingerprint density at radius 2 is 2.14 bits per heavy atom. The average Bonchev–Trinajstić information content (AvgIpc) is 2.84. The Bertz CT molecular complexity index is 611. The minimum Gasteiger partial charge on any atom is -0.399 e. The molecule has 0 fully saturated rings. The maximum atomic E-state index is 14.0. The molecule has 21 heavy (non-hydrogen) atoms. The number of hydrogen-bond acceptors (Lipinski definition) is 5. The van der Waals surface area contributed by atoms with Crippen molar-refractivity contribution in [3.8, 4) is 11.4 Å². The van der Waals surface area contributed by atoms with Crippen molar-refractivity contribution in [2.75, 3.05) is 19.5 Å². The van der Waals surface area contributed by atoms with Crippen LogP contribution in [0.2, 0.25) is 0 Å². The molecule has 2 aromatic rings. The van der Waals surface area contributed by atoms with E-state index in [4.69, 9.17) is 10.5 Å². The van der Waals surface area contributed by atoms with Gasteiger partial charge < -0.3 is 10.5 Å². The Kier molecular flexibility index (Phi) is 4.52. The van der Waals surface area contributed by atoms with Crippen LogP contribution >= 0.6 is 0 Å². The number of methoxy groups -OCH3 is 1. The lowest BCUT2D eigenvalue weighted by atomic mass is 9.89. The smallest absolute Gasteiger partial charge is 0.184 e. The van der Waals surface area contributed by atoms with Crippen molar-refractivity contribution in [1.29, 1.82) is 0 Å². The molecule has 0 aliphatic carbocycles. The van der Waals surface area contributed by atoms with E-state index < -0.39 is 5.82 Å². The molecule has 1 aromatic heterocycles. The van der Waals surface area contributed by atoms with E-state index in [0.717, 1.165) is 6.42 Å². The lowest BCUT2D eigenvalue weighted by Gasteiger charge is -2.24. The number of ether oxygens (including phenoxy) is 1. The quantitative estimate of drug-likeness (QED) is 0.825. The minimum absolute atomic E-state index is 0.0651. The average molecular weight is 293 g/mol.